The molecule has 0 aliphatic carbocycles. The van der Waals surface area contributed by atoms with Crippen LogP contribution >= 0.6 is 0 Å². The number of aromatic amines is 1. The number of aliphatic carboxylic acids is 1. The zero-order valence-electron chi connectivity index (χ0n) is 9.69. The first-order chi connectivity index (χ1) is 8.60. The molecule has 1 atom stereocenters. The van der Waals surface area contributed by atoms with Gasteiger partial charge in [-0.1, -0.05) is 0 Å². The Balaban J connectivity index is 2.12. The molecule has 0 saturated carbocycles. The lowest BCUT2D eigenvalue weighted by Gasteiger charge is -2.12. The van der Waals surface area contributed by atoms with E-state index < -0.39 is 17.8 Å². The fourth-order valence-corrected chi connectivity index (χ4v) is 1.59. The summed E-state index contributed by atoms with van der Waals surface area (Å²) >= 11 is 0. The van der Waals surface area contributed by atoms with Crippen molar-refractivity contribution in [3.05, 3.63) is 28.7 Å². The number of benzene rings is 1. The van der Waals surface area contributed by atoms with Crippen molar-refractivity contribution >= 4 is 22.8 Å². The molecule has 0 fully saturated rings. The highest BCUT2D eigenvalue weighted by Crippen LogP contribution is 2.15. The summed E-state index contributed by atoms with van der Waals surface area (Å²) in [5.41, 5.74) is 1.75. The topological polar surface area (TPSA) is 107 Å². The van der Waals surface area contributed by atoms with Crippen molar-refractivity contribution in [2.75, 3.05) is 18.9 Å². The number of hydrogen-bond donors (Lipinski definition) is 4. The van der Waals surface area contributed by atoms with Crippen LogP contribution in [0.5, 0.6) is 0 Å². The molecule has 0 radical (unpaired) electrons. The molecule has 0 aliphatic heterocycles. The number of aromatic nitrogens is 1. The summed E-state index contributed by atoms with van der Waals surface area (Å²) in [7, 11) is 1.58. The van der Waals surface area contributed by atoms with Gasteiger partial charge >= 0.3 is 11.7 Å². The number of likely N-dealkylation sites (N-methyl/N-ethyl adjacent to an activating group) is 1. The number of H-pyrrole nitrogens is 1. The highest BCUT2D eigenvalue weighted by atomic mass is 16.4. The lowest BCUT2D eigenvalue weighted by molar-refractivity contribution is -0.138. The lowest BCUT2D eigenvalue weighted by Crippen LogP contribution is -2.39. The molecular formula is C11H13N3O4. The predicted molar refractivity (Wildman–Crippen MR) is 65.8 cm³/mol. The van der Waals surface area contributed by atoms with Crippen LogP contribution in [-0.4, -0.2) is 35.7 Å². The van der Waals surface area contributed by atoms with Crippen LogP contribution in [0.15, 0.2) is 27.4 Å². The Morgan fingerprint density at radius 1 is 1.56 bits per heavy atom. The lowest BCUT2D eigenvalue weighted by atomic mass is 10.2. The van der Waals surface area contributed by atoms with Gasteiger partial charge < -0.3 is 20.2 Å². The van der Waals surface area contributed by atoms with E-state index in [-0.39, 0.29) is 6.54 Å². The number of oxazole rings is 1. The normalized spacial score (nSPS) is 12.5. The molecule has 4 N–H and O–H groups in total. The summed E-state index contributed by atoms with van der Waals surface area (Å²) in [6, 6.07) is 4.37. The van der Waals surface area contributed by atoms with E-state index in [2.05, 4.69) is 15.6 Å². The number of hydrogen-bond acceptors (Lipinski definition) is 5. The third-order valence-corrected chi connectivity index (χ3v) is 2.58. The first-order valence-electron chi connectivity index (χ1n) is 5.37. The Hall–Kier alpha value is -2.28. The molecule has 0 amide bonds. The van der Waals surface area contributed by atoms with Gasteiger partial charge in [-0.05, 0) is 25.2 Å². The second-order valence-corrected chi connectivity index (χ2v) is 3.79. The minimum absolute atomic E-state index is 0.236. The summed E-state index contributed by atoms with van der Waals surface area (Å²) in [6.07, 6.45) is 0. The Morgan fingerprint density at radius 2 is 2.33 bits per heavy atom. The summed E-state index contributed by atoms with van der Waals surface area (Å²) < 4.78 is 4.86. The van der Waals surface area contributed by atoms with E-state index in [0.29, 0.717) is 16.8 Å². The van der Waals surface area contributed by atoms with E-state index in [1.54, 1.807) is 25.2 Å². The minimum Gasteiger partial charge on any atom is -0.480 e. The summed E-state index contributed by atoms with van der Waals surface area (Å²) in [4.78, 5) is 24.3. The molecule has 1 aromatic carbocycles. The Labute approximate surface area is 102 Å². The maximum atomic E-state index is 11.0. The van der Waals surface area contributed by atoms with Crippen molar-refractivity contribution in [3.8, 4) is 0 Å². The van der Waals surface area contributed by atoms with Crippen molar-refractivity contribution < 1.29 is 14.3 Å². The molecular weight excluding hydrogens is 238 g/mol. The maximum absolute atomic E-state index is 11.0. The van der Waals surface area contributed by atoms with Crippen LogP contribution in [0.4, 0.5) is 5.69 Å². The molecule has 1 unspecified atom stereocenters. The van der Waals surface area contributed by atoms with Crippen LogP contribution in [0.25, 0.3) is 11.1 Å². The van der Waals surface area contributed by atoms with Gasteiger partial charge in [-0.15, -0.1) is 0 Å². The van der Waals surface area contributed by atoms with E-state index in [1.165, 1.54) is 0 Å². The van der Waals surface area contributed by atoms with E-state index >= 15 is 0 Å². The third-order valence-electron chi connectivity index (χ3n) is 2.58. The molecule has 1 heterocycles. The number of fused-ring (bicyclic) bond motifs is 1. The van der Waals surface area contributed by atoms with E-state index in [1.807, 2.05) is 0 Å². The number of rotatable bonds is 5. The van der Waals surface area contributed by atoms with Gasteiger partial charge in [0.25, 0.3) is 0 Å². The predicted octanol–water partition coefficient (Wildman–Crippen LogP) is 0.206. The van der Waals surface area contributed by atoms with Crippen LogP contribution in [-0.2, 0) is 4.79 Å². The van der Waals surface area contributed by atoms with E-state index in [9.17, 15) is 9.59 Å². The zero-order valence-corrected chi connectivity index (χ0v) is 9.69. The van der Waals surface area contributed by atoms with Crippen LogP contribution in [0.3, 0.4) is 0 Å². The average Bonchev–Trinajstić information content (AvgIpc) is 2.68. The summed E-state index contributed by atoms with van der Waals surface area (Å²) in [6.45, 7) is 0.236. The van der Waals surface area contributed by atoms with Crippen LogP contribution in [0, 0.1) is 0 Å². The molecule has 2 aromatic rings. The first-order valence-corrected chi connectivity index (χ1v) is 5.37. The highest BCUT2D eigenvalue weighted by molar-refractivity contribution is 5.77. The van der Waals surface area contributed by atoms with Crippen LogP contribution in [0.2, 0.25) is 0 Å². The van der Waals surface area contributed by atoms with Gasteiger partial charge in [-0.25, -0.2) is 4.79 Å². The SMILES string of the molecule is CNC(CNc1ccc2oc(=O)[nH]c2c1)C(=O)O. The fourth-order valence-electron chi connectivity index (χ4n) is 1.59. The van der Waals surface area contributed by atoms with Crippen LogP contribution < -0.4 is 16.4 Å². The van der Waals surface area contributed by atoms with E-state index in [4.69, 9.17) is 9.52 Å². The van der Waals surface area contributed by atoms with Crippen molar-refractivity contribution in [2.45, 2.75) is 6.04 Å². The molecule has 0 aliphatic rings. The quantitative estimate of drug-likeness (QED) is 0.605. The Morgan fingerprint density at radius 3 is 3.00 bits per heavy atom. The molecule has 2 rings (SSSR count). The third kappa shape index (κ3) is 2.51. The second-order valence-electron chi connectivity index (χ2n) is 3.79. The zero-order chi connectivity index (χ0) is 13.1. The van der Waals surface area contributed by atoms with Gasteiger partial charge in [-0.3, -0.25) is 9.78 Å². The monoisotopic (exact) mass is 251 g/mol. The van der Waals surface area contributed by atoms with Crippen molar-refractivity contribution in [2.24, 2.45) is 0 Å². The number of carbonyl (C=O) groups is 1. The maximum Gasteiger partial charge on any atom is 0.417 e. The van der Waals surface area contributed by atoms with Gasteiger partial charge in [0.2, 0.25) is 0 Å². The molecule has 7 nitrogen and oxygen atoms in total. The van der Waals surface area contributed by atoms with Crippen molar-refractivity contribution in [1.82, 2.24) is 10.3 Å². The molecule has 0 bridgehead atoms. The van der Waals surface area contributed by atoms with Gasteiger partial charge in [0.05, 0.1) is 5.52 Å². The molecule has 7 heteroatoms. The number of carboxylic acid groups (broad SMARTS) is 1. The average molecular weight is 251 g/mol. The van der Waals surface area contributed by atoms with Crippen molar-refractivity contribution in [3.63, 3.8) is 0 Å². The summed E-state index contributed by atoms with van der Waals surface area (Å²) in [5, 5.41) is 14.5. The molecule has 1 aromatic heterocycles. The summed E-state index contributed by atoms with van der Waals surface area (Å²) in [5.74, 6) is -1.44. The fraction of sp³-hybridized carbons (Fsp3) is 0.273. The van der Waals surface area contributed by atoms with Crippen molar-refractivity contribution in [1.29, 1.82) is 0 Å². The second kappa shape index (κ2) is 4.92. The highest BCUT2D eigenvalue weighted by Gasteiger charge is 2.14. The standard InChI is InChI=1S/C11H13N3O4/c1-12-8(10(15)16)5-13-6-2-3-9-7(4-6)14-11(17)18-9/h2-4,8,12-13H,5H2,1H3,(H,14,17)(H,15,16). The molecule has 0 spiro atoms. The number of nitrogens with one attached hydrogen (secondary N) is 3. The number of anilines is 1. The van der Waals surface area contributed by atoms with Crippen LogP contribution in [0.1, 0.15) is 0 Å². The smallest absolute Gasteiger partial charge is 0.417 e. The Bertz CT molecular complexity index is 616. The molecule has 0 saturated heterocycles. The largest absolute Gasteiger partial charge is 0.480 e. The molecule has 18 heavy (non-hydrogen) atoms. The van der Waals surface area contributed by atoms with Gasteiger partial charge in [0, 0.05) is 12.2 Å². The van der Waals surface area contributed by atoms with Gasteiger partial charge in [-0.2, -0.15) is 0 Å². The van der Waals surface area contributed by atoms with Gasteiger partial charge in [0.15, 0.2) is 5.58 Å². The van der Waals surface area contributed by atoms with E-state index in [0.717, 1.165) is 0 Å². The Kier molecular flexibility index (Phi) is 3.33. The first kappa shape index (κ1) is 12.2. The minimum atomic E-state index is -0.928. The number of carboxylic acids is 1. The van der Waals surface area contributed by atoms with Gasteiger partial charge in [0.1, 0.15) is 6.04 Å². The molecule has 96 valence electrons.